The van der Waals surface area contributed by atoms with Crippen LogP contribution in [0.2, 0.25) is 0 Å². The molecule has 0 saturated heterocycles. The molecule has 0 amide bonds. The number of nitrogens with zero attached hydrogens (tertiary/aromatic N) is 4. The Morgan fingerprint density at radius 1 is 1.83 bits per heavy atom. The number of rotatable bonds is 2. The molecule has 0 bridgehead atoms. The maximum Gasteiger partial charge on any atom is 0.490 e. The summed E-state index contributed by atoms with van der Waals surface area (Å²) in [6, 6.07) is 0. The molecule has 0 atom stereocenters. The van der Waals surface area contributed by atoms with E-state index in [9.17, 15) is 10.1 Å². The van der Waals surface area contributed by atoms with Gasteiger partial charge in [-0.3, -0.25) is 0 Å². The standard InChI is InChI=1S/C6H6N4O2/c1-2-3-4-9-5-7-6(8-9)10(11)12/h5H,4H2,1H3. The molecule has 1 rings (SSSR count). The van der Waals surface area contributed by atoms with Crippen molar-refractivity contribution < 1.29 is 4.92 Å². The third kappa shape index (κ3) is 1.79. The minimum atomic E-state index is -0.643. The first-order valence-corrected chi connectivity index (χ1v) is 3.17. The van der Waals surface area contributed by atoms with Gasteiger partial charge in [0.05, 0.1) is 0 Å². The molecule has 0 aromatic carbocycles. The lowest BCUT2D eigenvalue weighted by atomic mass is 10.6. The van der Waals surface area contributed by atoms with E-state index in [1.807, 2.05) is 0 Å². The summed E-state index contributed by atoms with van der Waals surface area (Å²) < 4.78 is 1.31. The van der Waals surface area contributed by atoms with Gasteiger partial charge in [-0.05, 0) is 11.8 Å². The van der Waals surface area contributed by atoms with Gasteiger partial charge >= 0.3 is 5.95 Å². The van der Waals surface area contributed by atoms with Gasteiger partial charge in [0.1, 0.15) is 6.54 Å². The van der Waals surface area contributed by atoms with Gasteiger partial charge in [-0.25, -0.2) is 0 Å². The Bertz CT molecular complexity index is 346. The SMILES string of the molecule is CC#CCn1cnc([N+](=O)[O-])n1. The molecule has 1 heterocycles. The first kappa shape index (κ1) is 8.20. The van der Waals surface area contributed by atoms with Gasteiger partial charge in [0.15, 0.2) is 0 Å². The quantitative estimate of drug-likeness (QED) is 0.357. The molecular formula is C6H6N4O2. The summed E-state index contributed by atoms with van der Waals surface area (Å²) in [5.74, 6) is 4.96. The van der Waals surface area contributed by atoms with E-state index < -0.39 is 10.9 Å². The number of hydrogen-bond donors (Lipinski definition) is 0. The largest absolute Gasteiger partial charge is 0.490 e. The molecule has 0 saturated carbocycles. The van der Waals surface area contributed by atoms with E-state index >= 15 is 0 Å². The van der Waals surface area contributed by atoms with Gasteiger partial charge in [0, 0.05) is 5.10 Å². The van der Waals surface area contributed by atoms with Crippen LogP contribution < -0.4 is 0 Å². The molecule has 0 N–H and O–H groups in total. The fourth-order valence-corrected chi connectivity index (χ4v) is 0.605. The number of aromatic nitrogens is 3. The van der Waals surface area contributed by atoms with E-state index in [0.717, 1.165) is 0 Å². The Morgan fingerprint density at radius 2 is 2.58 bits per heavy atom. The molecular weight excluding hydrogens is 160 g/mol. The minimum absolute atomic E-state index is 0.331. The molecule has 62 valence electrons. The van der Waals surface area contributed by atoms with E-state index in [1.54, 1.807) is 6.92 Å². The fourth-order valence-electron chi connectivity index (χ4n) is 0.605. The lowest BCUT2D eigenvalue weighted by molar-refractivity contribution is -0.394. The highest BCUT2D eigenvalue weighted by molar-refractivity contribution is 5.00. The summed E-state index contributed by atoms with van der Waals surface area (Å²) in [6.45, 7) is 2.02. The Labute approximate surface area is 68.4 Å². The average molecular weight is 166 g/mol. The van der Waals surface area contributed by atoms with Gasteiger partial charge in [-0.15, -0.1) is 5.92 Å². The summed E-state index contributed by atoms with van der Waals surface area (Å²) in [5.41, 5.74) is 0. The zero-order chi connectivity index (χ0) is 8.97. The summed E-state index contributed by atoms with van der Waals surface area (Å²) in [5, 5.41) is 13.7. The lowest BCUT2D eigenvalue weighted by Crippen LogP contribution is -1.97. The highest BCUT2D eigenvalue weighted by atomic mass is 16.6. The third-order valence-corrected chi connectivity index (χ3v) is 1.11. The second-order valence-corrected chi connectivity index (χ2v) is 1.93. The van der Waals surface area contributed by atoms with Crippen LogP contribution in [0.4, 0.5) is 5.95 Å². The second kappa shape index (κ2) is 3.48. The molecule has 6 heteroatoms. The average Bonchev–Trinajstić information content (AvgIpc) is 2.48. The van der Waals surface area contributed by atoms with Crippen LogP contribution in [-0.2, 0) is 6.54 Å². The third-order valence-electron chi connectivity index (χ3n) is 1.11. The second-order valence-electron chi connectivity index (χ2n) is 1.93. The fraction of sp³-hybridized carbons (Fsp3) is 0.333. The predicted molar refractivity (Wildman–Crippen MR) is 40.1 cm³/mol. The van der Waals surface area contributed by atoms with E-state index in [1.165, 1.54) is 11.0 Å². The van der Waals surface area contributed by atoms with Gasteiger partial charge in [-0.1, -0.05) is 10.9 Å². The normalized spacial score (nSPS) is 8.75. The predicted octanol–water partition coefficient (Wildman–Crippen LogP) is 0.210. The monoisotopic (exact) mass is 166 g/mol. The summed E-state index contributed by atoms with van der Waals surface area (Å²) in [4.78, 5) is 12.9. The topological polar surface area (TPSA) is 73.8 Å². The number of hydrogen-bond acceptors (Lipinski definition) is 4. The molecule has 0 unspecified atom stereocenters. The highest BCUT2D eigenvalue weighted by Gasteiger charge is 2.11. The number of nitro groups is 1. The minimum Gasteiger partial charge on any atom is -0.390 e. The van der Waals surface area contributed by atoms with Crippen molar-refractivity contribution in [2.24, 2.45) is 0 Å². The molecule has 6 nitrogen and oxygen atoms in total. The van der Waals surface area contributed by atoms with Gasteiger partial charge in [0.25, 0.3) is 0 Å². The maximum absolute atomic E-state index is 10.1. The Kier molecular flexibility index (Phi) is 2.38. The van der Waals surface area contributed by atoms with Crippen molar-refractivity contribution in [3.63, 3.8) is 0 Å². The summed E-state index contributed by atoms with van der Waals surface area (Å²) >= 11 is 0. The van der Waals surface area contributed by atoms with Crippen LogP contribution in [0.3, 0.4) is 0 Å². The zero-order valence-corrected chi connectivity index (χ0v) is 6.39. The van der Waals surface area contributed by atoms with Crippen LogP contribution in [0.25, 0.3) is 0 Å². The molecule has 1 aromatic rings. The van der Waals surface area contributed by atoms with E-state index in [4.69, 9.17) is 0 Å². The molecule has 0 radical (unpaired) electrons. The maximum atomic E-state index is 10.1. The van der Waals surface area contributed by atoms with Crippen LogP contribution in [0, 0.1) is 22.0 Å². The Balaban J connectivity index is 2.75. The van der Waals surface area contributed by atoms with Gasteiger partial charge in [-0.2, -0.15) is 4.68 Å². The van der Waals surface area contributed by atoms with Crippen LogP contribution in [0.5, 0.6) is 0 Å². The molecule has 0 aliphatic rings. The van der Waals surface area contributed by atoms with Crippen molar-refractivity contribution in [3.8, 4) is 11.8 Å². The first-order valence-electron chi connectivity index (χ1n) is 3.17. The lowest BCUT2D eigenvalue weighted by Gasteiger charge is -1.84. The molecule has 0 aliphatic heterocycles. The van der Waals surface area contributed by atoms with Crippen LogP contribution in [0.15, 0.2) is 6.33 Å². The molecule has 12 heavy (non-hydrogen) atoms. The summed E-state index contributed by atoms with van der Waals surface area (Å²) in [7, 11) is 0. The van der Waals surface area contributed by atoms with Crippen LogP contribution in [-0.4, -0.2) is 19.7 Å². The highest BCUT2D eigenvalue weighted by Crippen LogP contribution is 1.98. The molecule has 0 aliphatic carbocycles. The van der Waals surface area contributed by atoms with Crippen molar-refractivity contribution in [3.05, 3.63) is 16.4 Å². The Morgan fingerprint density at radius 3 is 3.08 bits per heavy atom. The van der Waals surface area contributed by atoms with Crippen molar-refractivity contribution in [2.75, 3.05) is 0 Å². The Hall–Kier alpha value is -1.90. The smallest absolute Gasteiger partial charge is 0.390 e. The van der Waals surface area contributed by atoms with Gasteiger partial charge < -0.3 is 10.1 Å². The van der Waals surface area contributed by atoms with Crippen LogP contribution >= 0.6 is 0 Å². The van der Waals surface area contributed by atoms with Crippen LogP contribution in [0.1, 0.15) is 6.92 Å². The zero-order valence-electron chi connectivity index (χ0n) is 6.39. The molecule has 0 fully saturated rings. The molecule has 0 spiro atoms. The van der Waals surface area contributed by atoms with Crippen molar-refractivity contribution in [1.82, 2.24) is 14.8 Å². The summed E-state index contributed by atoms with van der Waals surface area (Å²) in [6.07, 6.45) is 1.28. The van der Waals surface area contributed by atoms with E-state index in [2.05, 4.69) is 21.9 Å². The van der Waals surface area contributed by atoms with E-state index in [-0.39, 0.29) is 0 Å². The van der Waals surface area contributed by atoms with E-state index in [0.29, 0.717) is 6.54 Å². The van der Waals surface area contributed by atoms with Crippen molar-refractivity contribution in [2.45, 2.75) is 13.5 Å². The molecule has 1 aromatic heterocycles. The first-order chi connectivity index (χ1) is 5.74. The van der Waals surface area contributed by atoms with Crippen molar-refractivity contribution in [1.29, 1.82) is 0 Å². The van der Waals surface area contributed by atoms with Gasteiger partial charge in [0.2, 0.25) is 6.33 Å². The van der Waals surface area contributed by atoms with Crippen molar-refractivity contribution >= 4 is 5.95 Å².